The molecule has 0 spiro atoms. The lowest BCUT2D eigenvalue weighted by atomic mass is 9.46. The van der Waals surface area contributed by atoms with Gasteiger partial charge in [-0.05, 0) is 66.6 Å². The van der Waals surface area contributed by atoms with Gasteiger partial charge in [0, 0.05) is 0 Å². The van der Waals surface area contributed by atoms with Crippen LogP contribution in [0, 0.1) is 34.5 Å². The lowest BCUT2D eigenvalue weighted by Gasteiger charge is -2.59. The summed E-state index contributed by atoms with van der Waals surface area (Å²) in [5.74, 6) is 2.40. The van der Waals surface area contributed by atoms with Crippen molar-refractivity contribution in [1.29, 1.82) is 0 Å². The van der Waals surface area contributed by atoms with Crippen molar-refractivity contribution < 1.29 is 29.9 Å². The summed E-state index contributed by atoms with van der Waals surface area (Å²) in [4.78, 5) is 0. The molecular weight excluding hydrogens is 408 g/mol. The fourth-order valence-corrected chi connectivity index (χ4v) is 7.33. The Hall–Kier alpha value is -0.240. The molecule has 0 aromatic rings. The summed E-state index contributed by atoms with van der Waals surface area (Å²) in [5.41, 5.74) is 0.668. The zero-order chi connectivity index (χ0) is 23.7. The first-order chi connectivity index (χ1) is 15.0. The van der Waals surface area contributed by atoms with Crippen LogP contribution in [0.2, 0.25) is 0 Å². The smallest absolute Gasteiger partial charge is 0.186 e. The molecular formula is C26H48O6. The van der Waals surface area contributed by atoms with Gasteiger partial charge in [-0.2, -0.15) is 0 Å². The second kappa shape index (κ2) is 10.6. The van der Waals surface area contributed by atoms with E-state index in [-0.39, 0.29) is 0 Å². The molecule has 0 unspecified atom stereocenters. The highest BCUT2D eigenvalue weighted by atomic mass is 16.7. The number of aliphatic hydroxyl groups is 4. The normalized spacial score (nSPS) is 43.6. The zero-order valence-electron chi connectivity index (χ0n) is 20.9. The first kappa shape index (κ1) is 26.4. The van der Waals surface area contributed by atoms with E-state index in [2.05, 4.69) is 34.6 Å². The molecule has 6 nitrogen and oxygen atoms in total. The van der Waals surface area contributed by atoms with Gasteiger partial charge in [-0.25, -0.2) is 0 Å². The van der Waals surface area contributed by atoms with Crippen molar-refractivity contribution in [3.63, 3.8) is 0 Å². The van der Waals surface area contributed by atoms with Crippen molar-refractivity contribution in [2.75, 3.05) is 13.2 Å². The van der Waals surface area contributed by atoms with Crippen molar-refractivity contribution in [2.24, 2.45) is 34.5 Å². The molecule has 32 heavy (non-hydrogen) atoms. The van der Waals surface area contributed by atoms with E-state index in [0.717, 1.165) is 12.3 Å². The van der Waals surface area contributed by atoms with E-state index in [1.807, 2.05) is 0 Å². The molecule has 4 N–H and O–H groups in total. The molecule has 1 saturated heterocycles. The minimum Gasteiger partial charge on any atom is -0.394 e. The molecule has 0 amide bonds. The summed E-state index contributed by atoms with van der Waals surface area (Å²) in [6.45, 7) is 12.0. The molecule has 3 aliphatic rings. The summed E-state index contributed by atoms with van der Waals surface area (Å²) >= 11 is 0. The van der Waals surface area contributed by atoms with Gasteiger partial charge in [0.15, 0.2) is 6.29 Å². The van der Waals surface area contributed by atoms with Crippen molar-refractivity contribution in [1.82, 2.24) is 0 Å². The van der Waals surface area contributed by atoms with Gasteiger partial charge in [0.05, 0.1) is 13.2 Å². The second-order valence-electron chi connectivity index (χ2n) is 12.0. The Morgan fingerprint density at radius 1 is 1.09 bits per heavy atom. The predicted octanol–water partition coefficient (Wildman–Crippen LogP) is 3.49. The number of hydrogen-bond donors (Lipinski definition) is 4. The van der Waals surface area contributed by atoms with E-state index in [1.165, 1.54) is 44.9 Å². The van der Waals surface area contributed by atoms with Gasteiger partial charge in [-0.15, -0.1) is 0 Å². The Labute approximate surface area is 194 Å². The Balaban J connectivity index is 1.71. The lowest BCUT2D eigenvalue weighted by molar-refractivity contribution is -0.199. The Bertz CT molecular complexity index is 597. The molecule has 0 aromatic heterocycles. The number of rotatable bonds is 9. The average molecular weight is 457 g/mol. The van der Waals surface area contributed by atoms with Crippen LogP contribution in [0.4, 0.5) is 0 Å². The van der Waals surface area contributed by atoms with Crippen molar-refractivity contribution >= 4 is 0 Å². The van der Waals surface area contributed by atoms with Crippen LogP contribution in [0.15, 0.2) is 0 Å². The fraction of sp³-hybridized carbons (Fsp3) is 1.00. The molecule has 3 rings (SSSR count). The molecule has 1 heterocycles. The van der Waals surface area contributed by atoms with Gasteiger partial charge in [-0.3, -0.25) is 0 Å². The van der Waals surface area contributed by atoms with Gasteiger partial charge in [-0.1, -0.05) is 53.9 Å². The first-order valence-electron chi connectivity index (χ1n) is 13.0. The monoisotopic (exact) mass is 456 g/mol. The number of aliphatic hydroxyl groups excluding tert-OH is 4. The number of ether oxygens (including phenoxy) is 2. The maximum Gasteiger partial charge on any atom is 0.186 e. The maximum absolute atomic E-state index is 10.4. The largest absolute Gasteiger partial charge is 0.394 e. The van der Waals surface area contributed by atoms with Gasteiger partial charge < -0.3 is 29.9 Å². The third-order valence-electron chi connectivity index (χ3n) is 9.48. The summed E-state index contributed by atoms with van der Waals surface area (Å²) in [6.07, 6.45) is 4.08. The first-order valence-corrected chi connectivity index (χ1v) is 13.0. The highest BCUT2D eigenvalue weighted by molar-refractivity contribution is 5.03. The van der Waals surface area contributed by atoms with Crippen LogP contribution >= 0.6 is 0 Å². The van der Waals surface area contributed by atoms with E-state index in [1.54, 1.807) is 0 Å². The van der Waals surface area contributed by atoms with Crippen LogP contribution in [-0.4, -0.2) is 64.3 Å². The van der Waals surface area contributed by atoms with Crippen LogP contribution in [-0.2, 0) is 9.47 Å². The summed E-state index contributed by atoms with van der Waals surface area (Å²) in [5, 5.41) is 39.7. The molecule has 188 valence electrons. The van der Waals surface area contributed by atoms with Crippen molar-refractivity contribution in [3.8, 4) is 0 Å². The zero-order valence-corrected chi connectivity index (χ0v) is 20.9. The second-order valence-corrected chi connectivity index (χ2v) is 12.0. The van der Waals surface area contributed by atoms with E-state index >= 15 is 0 Å². The molecule has 2 saturated carbocycles. The van der Waals surface area contributed by atoms with Crippen molar-refractivity contribution in [2.45, 2.75) is 117 Å². The SMILES string of the molecule is CC[C@H](C)CC[C@@H]1[C@@H](CO[C@@H]2O[C@@H]([C@H](O)CO)[C@H](O)[C@H]2O)CC[C@H]2C(C)(C)CCC[C@]12C. The maximum atomic E-state index is 10.4. The molecule has 0 bridgehead atoms. The van der Waals surface area contributed by atoms with Crippen LogP contribution in [0.5, 0.6) is 0 Å². The quantitative estimate of drug-likeness (QED) is 0.424. The van der Waals surface area contributed by atoms with E-state index in [9.17, 15) is 20.4 Å². The van der Waals surface area contributed by atoms with Crippen LogP contribution < -0.4 is 0 Å². The molecule has 0 radical (unpaired) electrons. The standard InChI is InChI=1S/C26H48O6/c1-6-16(2)8-10-18-17(9-11-20-25(3,4)12-7-13-26(18,20)5)15-31-24-22(30)21(29)23(32-24)19(28)14-27/h16-24,27-30H,6-15H2,1-5H3/t16-,17+,18+,19+,20-,21+,22+,23-,24+,26+/m0/s1. The Morgan fingerprint density at radius 3 is 2.47 bits per heavy atom. The third-order valence-corrected chi connectivity index (χ3v) is 9.48. The van der Waals surface area contributed by atoms with Gasteiger partial charge in [0.2, 0.25) is 0 Å². The van der Waals surface area contributed by atoms with Crippen LogP contribution in [0.1, 0.15) is 86.0 Å². The van der Waals surface area contributed by atoms with E-state index < -0.39 is 37.3 Å². The molecule has 1 aliphatic heterocycles. The van der Waals surface area contributed by atoms with Gasteiger partial charge in [0.1, 0.15) is 24.4 Å². The van der Waals surface area contributed by atoms with Crippen molar-refractivity contribution in [3.05, 3.63) is 0 Å². The molecule has 3 fully saturated rings. The highest BCUT2D eigenvalue weighted by Crippen LogP contribution is 2.62. The van der Waals surface area contributed by atoms with E-state index in [0.29, 0.717) is 35.2 Å². The predicted molar refractivity (Wildman–Crippen MR) is 124 cm³/mol. The third kappa shape index (κ3) is 5.21. The molecule has 2 aliphatic carbocycles. The Kier molecular flexibility index (Phi) is 8.71. The lowest BCUT2D eigenvalue weighted by Crippen LogP contribution is -2.52. The average Bonchev–Trinajstić information content (AvgIpc) is 3.03. The van der Waals surface area contributed by atoms with Crippen LogP contribution in [0.25, 0.3) is 0 Å². The minimum absolute atomic E-state index is 0.297. The van der Waals surface area contributed by atoms with Crippen LogP contribution in [0.3, 0.4) is 0 Å². The fourth-order valence-electron chi connectivity index (χ4n) is 7.33. The Morgan fingerprint density at radius 2 is 1.81 bits per heavy atom. The number of hydrogen-bond acceptors (Lipinski definition) is 6. The molecule has 0 aromatic carbocycles. The van der Waals surface area contributed by atoms with Gasteiger partial charge in [0.25, 0.3) is 0 Å². The van der Waals surface area contributed by atoms with Gasteiger partial charge >= 0.3 is 0 Å². The topological polar surface area (TPSA) is 99.4 Å². The molecule has 10 atom stereocenters. The molecule has 6 heteroatoms. The number of fused-ring (bicyclic) bond motifs is 1. The summed E-state index contributed by atoms with van der Waals surface area (Å²) in [7, 11) is 0. The highest BCUT2D eigenvalue weighted by Gasteiger charge is 2.54. The minimum atomic E-state index is -1.27. The summed E-state index contributed by atoms with van der Waals surface area (Å²) < 4.78 is 11.7. The summed E-state index contributed by atoms with van der Waals surface area (Å²) in [6, 6.07) is 0. The van der Waals surface area contributed by atoms with E-state index in [4.69, 9.17) is 9.47 Å².